The lowest BCUT2D eigenvalue weighted by molar-refractivity contribution is -0.122. The molecule has 0 unspecified atom stereocenters. The summed E-state index contributed by atoms with van der Waals surface area (Å²) in [6.07, 6.45) is 1.83. The molecule has 1 amide bonds. The number of benzene rings is 2. The fourth-order valence-corrected chi connectivity index (χ4v) is 3.13. The summed E-state index contributed by atoms with van der Waals surface area (Å²) in [6.45, 7) is 4.64. The smallest absolute Gasteiger partial charge is 0.240 e. The van der Waals surface area contributed by atoms with Crippen LogP contribution in [-0.2, 0) is 17.9 Å². The molecular weight excluding hydrogens is 362 g/mol. The minimum atomic E-state index is -0.0143. The number of halogens is 1. The van der Waals surface area contributed by atoms with Crippen molar-refractivity contribution in [3.63, 3.8) is 0 Å². The average molecular weight is 386 g/mol. The maximum absolute atomic E-state index is 12.5. The molecular formula is C21H24ClN3O2. The van der Waals surface area contributed by atoms with Crippen LogP contribution in [0.15, 0.2) is 48.5 Å². The van der Waals surface area contributed by atoms with E-state index in [9.17, 15) is 4.79 Å². The van der Waals surface area contributed by atoms with E-state index in [1.165, 1.54) is 0 Å². The first-order valence-electron chi connectivity index (χ1n) is 9.22. The summed E-state index contributed by atoms with van der Waals surface area (Å²) in [5.41, 5.74) is 1.77. The highest BCUT2D eigenvalue weighted by Gasteiger charge is 2.15. The van der Waals surface area contributed by atoms with E-state index in [0.29, 0.717) is 16.6 Å². The number of amides is 1. The Balaban J connectivity index is 1.80. The topological polar surface area (TPSA) is 56.2 Å². The second kappa shape index (κ2) is 8.91. The number of aromatic nitrogens is 2. The molecule has 1 heterocycles. The molecule has 0 spiro atoms. The highest BCUT2D eigenvalue weighted by atomic mass is 35.5. The number of rotatable bonds is 8. The Hall–Kier alpha value is -2.53. The molecule has 1 aromatic heterocycles. The van der Waals surface area contributed by atoms with Gasteiger partial charge in [0.05, 0.1) is 11.0 Å². The number of imidazole rings is 1. The number of carbonyl (C=O) groups excluding carboxylic acids is 1. The zero-order chi connectivity index (χ0) is 19.2. The molecule has 0 saturated heterocycles. The first-order valence-corrected chi connectivity index (χ1v) is 9.60. The van der Waals surface area contributed by atoms with Gasteiger partial charge in [-0.3, -0.25) is 4.79 Å². The molecule has 0 fully saturated rings. The molecule has 27 heavy (non-hydrogen) atoms. The number of hydrogen-bond acceptors (Lipinski definition) is 3. The number of hydrogen-bond donors (Lipinski definition) is 1. The van der Waals surface area contributed by atoms with Crippen LogP contribution in [0.1, 0.15) is 32.5 Å². The second-order valence-electron chi connectivity index (χ2n) is 6.43. The van der Waals surface area contributed by atoms with Gasteiger partial charge in [-0.1, -0.05) is 37.6 Å². The van der Waals surface area contributed by atoms with Crippen LogP contribution in [0.4, 0.5) is 0 Å². The van der Waals surface area contributed by atoms with Gasteiger partial charge < -0.3 is 14.6 Å². The molecule has 2 aromatic carbocycles. The summed E-state index contributed by atoms with van der Waals surface area (Å²) in [6, 6.07) is 15.2. The van der Waals surface area contributed by atoms with E-state index in [1.54, 1.807) is 12.1 Å². The van der Waals surface area contributed by atoms with Crippen LogP contribution in [0, 0.1) is 0 Å². The molecule has 3 aromatic rings. The van der Waals surface area contributed by atoms with E-state index in [1.807, 2.05) is 41.0 Å². The van der Waals surface area contributed by atoms with Crippen molar-refractivity contribution in [2.45, 2.75) is 45.9 Å². The van der Waals surface area contributed by atoms with Gasteiger partial charge in [-0.05, 0) is 49.2 Å². The zero-order valence-corrected chi connectivity index (χ0v) is 16.4. The maximum atomic E-state index is 12.5. The first-order chi connectivity index (χ1) is 13.1. The number of nitrogens with one attached hydrogen (secondary N) is 1. The molecule has 6 heteroatoms. The fourth-order valence-electron chi connectivity index (χ4n) is 3.00. The van der Waals surface area contributed by atoms with Crippen molar-refractivity contribution in [3.05, 3.63) is 59.4 Å². The third-order valence-corrected chi connectivity index (χ3v) is 4.82. The van der Waals surface area contributed by atoms with Gasteiger partial charge in [0, 0.05) is 11.1 Å². The highest BCUT2D eigenvalue weighted by molar-refractivity contribution is 6.30. The Bertz CT molecular complexity index is 901. The third kappa shape index (κ3) is 4.80. The minimum absolute atomic E-state index is 0.0143. The minimum Gasteiger partial charge on any atom is -0.486 e. The molecule has 0 radical (unpaired) electrons. The van der Waals surface area contributed by atoms with Crippen molar-refractivity contribution in [1.29, 1.82) is 0 Å². The van der Waals surface area contributed by atoms with Gasteiger partial charge in [-0.15, -0.1) is 0 Å². The van der Waals surface area contributed by atoms with Gasteiger partial charge >= 0.3 is 0 Å². The predicted molar refractivity (Wildman–Crippen MR) is 108 cm³/mol. The molecule has 0 aliphatic carbocycles. The van der Waals surface area contributed by atoms with E-state index in [-0.39, 0.29) is 25.1 Å². The summed E-state index contributed by atoms with van der Waals surface area (Å²) in [5.74, 6) is 1.41. The molecule has 0 aliphatic heterocycles. The van der Waals surface area contributed by atoms with E-state index in [2.05, 4.69) is 24.1 Å². The lowest BCUT2D eigenvalue weighted by atomic mass is 10.2. The third-order valence-electron chi connectivity index (χ3n) is 4.57. The molecule has 3 rings (SSSR count). The van der Waals surface area contributed by atoms with Gasteiger partial charge in [-0.2, -0.15) is 0 Å². The Morgan fingerprint density at radius 2 is 1.85 bits per heavy atom. The quantitative estimate of drug-likeness (QED) is 0.617. The molecule has 0 saturated carbocycles. The van der Waals surface area contributed by atoms with E-state index < -0.39 is 0 Å². The second-order valence-corrected chi connectivity index (χ2v) is 6.86. The van der Waals surface area contributed by atoms with Crippen LogP contribution in [0.5, 0.6) is 5.75 Å². The predicted octanol–water partition coefficient (Wildman–Crippen LogP) is 4.57. The standard InChI is InChI=1S/C21H24ClN3O2/c1-3-16(4-2)23-21(26)13-25-19-8-6-5-7-18(19)24-20(25)14-27-17-11-9-15(22)10-12-17/h5-12,16H,3-4,13-14H2,1-2H3,(H,23,26). The first kappa shape index (κ1) is 19.2. The summed E-state index contributed by atoms with van der Waals surface area (Å²) in [7, 11) is 0. The fraction of sp³-hybridized carbons (Fsp3) is 0.333. The monoisotopic (exact) mass is 385 g/mol. The van der Waals surface area contributed by atoms with Crippen molar-refractivity contribution >= 4 is 28.5 Å². The zero-order valence-electron chi connectivity index (χ0n) is 15.6. The molecule has 0 aliphatic rings. The number of ether oxygens (including phenoxy) is 1. The van der Waals surface area contributed by atoms with E-state index in [4.69, 9.17) is 16.3 Å². The van der Waals surface area contributed by atoms with Crippen molar-refractivity contribution in [2.24, 2.45) is 0 Å². The molecule has 5 nitrogen and oxygen atoms in total. The Morgan fingerprint density at radius 1 is 1.15 bits per heavy atom. The van der Waals surface area contributed by atoms with Crippen LogP contribution in [0.25, 0.3) is 11.0 Å². The summed E-state index contributed by atoms with van der Waals surface area (Å²) in [4.78, 5) is 17.2. The van der Waals surface area contributed by atoms with Crippen LogP contribution >= 0.6 is 11.6 Å². The maximum Gasteiger partial charge on any atom is 0.240 e. The van der Waals surface area contributed by atoms with Gasteiger partial charge in [0.2, 0.25) is 5.91 Å². The van der Waals surface area contributed by atoms with Crippen molar-refractivity contribution in [3.8, 4) is 5.75 Å². The Morgan fingerprint density at radius 3 is 2.56 bits per heavy atom. The number of carbonyl (C=O) groups is 1. The normalized spacial score (nSPS) is 11.1. The molecule has 0 bridgehead atoms. The van der Waals surface area contributed by atoms with Gasteiger partial charge in [0.15, 0.2) is 0 Å². The van der Waals surface area contributed by atoms with Crippen LogP contribution < -0.4 is 10.1 Å². The average Bonchev–Trinajstić information content (AvgIpc) is 3.03. The summed E-state index contributed by atoms with van der Waals surface area (Å²) < 4.78 is 7.77. The largest absolute Gasteiger partial charge is 0.486 e. The van der Waals surface area contributed by atoms with Crippen LogP contribution in [0.2, 0.25) is 5.02 Å². The Labute approximate surface area is 164 Å². The van der Waals surface area contributed by atoms with Crippen LogP contribution in [0.3, 0.4) is 0 Å². The van der Waals surface area contributed by atoms with Crippen LogP contribution in [-0.4, -0.2) is 21.5 Å². The lowest BCUT2D eigenvalue weighted by Crippen LogP contribution is -2.36. The van der Waals surface area contributed by atoms with Crippen molar-refractivity contribution in [1.82, 2.24) is 14.9 Å². The van der Waals surface area contributed by atoms with Gasteiger partial charge in [-0.25, -0.2) is 4.98 Å². The van der Waals surface area contributed by atoms with Gasteiger partial charge in [0.1, 0.15) is 24.7 Å². The van der Waals surface area contributed by atoms with Crippen molar-refractivity contribution in [2.75, 3.05) is 0 Å². The Kier molecular flexibility index (Phi) is 6.35. The number of nitrogens with zero attached hydrogens (tertiary/aromatic N) is 2. The highest BCUT2D eigenvalue weighted by Crippen LogP contribution is 2.20. The molecule has 1 N–H and O–H groups in total. The SMILES string of the molecule is CCC(CC)NC(=O)Cn1c(COc2ccc(Cl)cc2)nc2ccccc21. The molecule has 142 valence electrons. The summed E-state index contributed by atoms with van der Waals surface area (Å²) >= 11 is 5.91. The van der Waals surface area contributed by atoms with E-state index in [0.717, 1.165) is 23.9 Å². The van der Waals surface area contributed by atoms with Gasteiger partial charge in [0.25, 0.3) is 0 Å². The molecule has 0 atom stereocenters. The number of fused-ring (bicyclic) bond motifs is 1. The number of para-hydroxylation sites is 2. The summed E-state index contributed by atoms with van der Waals surface area (Å²) in [5, 5.41) is 3.74. The lowest BCUT2D eigenvalue weighted by Gasteiger charge is -2.16. The van der Waals surface area contributed by atoms with E-state index >= 15 is 0 Å². The van der Waals surface area contributed by atoms with Crippen molar-refractivity contribution < 1.29 is 9.53 Å².